The summed E-state index contributed by atoms with van der Waals surface area (Å²) in [6.07, 6.45) is 3.59. The van der Waals surface area contributed by atoms with Gasteiger partial charge in [0.2, 0.25) is 0 Å². The van der Waals surface area contributed by atoms with Gasteiger partial charge in [-0.15, -0.1) is 0 Å². The van der Waals surface area contributed by atoms with Crippen LogP contribution in [0, 0.1) is 0 Å². The molecule has 0 fully saturated rings. The maximum Gasteiger partial charge on any atom is 0.124 e. The SMILES string of the molecule is CC(C)NCc1ccccc1OCc1cncc(Br)c1. The predicted octanol–water partition coefficient (Wildman–Crippen LogP) is 3.92. The summed E-state index contributed by atoms with van der Waals surface area (Å²) in [5.41, 5.74) is 2.22. The van der Waals surface area contributed by atoms with Crippen molar-refractivity contribution in [1.29, 1.82) is 0 Å². The zero-order chi connectivity index (χ0) is 14.4. The van der Waals surface area contributed by atoms with Gasteiger partial charge in [-0.2, -0.15) is 0 Å². The van der Waals surface area contributed by atoms with Crippen molar-refractivity contribution in [2.75, 3.05) is 0 Å². The minimum atomic E-state index is 0.456. The van der Waals surface area contributed by atoms with E-state index in [1.807, 2.05) is 30.5 Å². The van der Waals surface area contributed by atoms with E-state index in [1.165, 1.54) is 5.56 Å². The van der Waals surface area contributed by atoms with E-state index < -0.39 is 0 Å². The zero-order valence-electron chi connectivity index (χ0n) is 11.8. The van der Waals surface area contributed by atoms with Gasteiger partial charge in [-0.1, -0.05) is 32.0 Å². The van der Waals surface area contributed by atoms with E-state index in [-0.39, 0.29) is 0 Å². The van der Waals surface area contributed by atoms with Gasteiger partial charge in [-0.3, -0.25) is 4.98 Å². The van der Waals surface area contributed by atoms with Gasteiger partial charge in [-0.05, 0) is 28.1 Å². The standard InChI is InChI=1S/C16H19BrN2O/c1-12(2)19-9-14-5-3-4-6-16(14)20-11-13-7-15(17)10-18-8-13/h3-8,10,12,19H,9,11H2,1-2H3. The number of halogens is 1. The molecule has 0 amide bonds. The second kappa shape index (κ2) is 7.41. The Bertz CT molecular complexity index is 558. The minimum absolute atomic E-state index is 0.456. The number of aromatic nitrogens is 1. The van der Waals surface area contributed by atoms with Gasteiger partial charge in [0.1, 0.15) is 12.4 Å². The van der Waals surface area contributed by atoms with Crippen LogP contribution >= 0.6 is 15.9 Å². The van der Waals surface area contributed by atoms with Gasteiger partial charge in [0.25, 0.3) is 0 Å². The Hall–Kier alpha value is -1.39. The highest BCUT2D eigenvalue weighted by atomic mass is 79.9. The van der Waals surface area contributed by atoms with E-state index in [1.54, 1.807) is 6.20 Å². The summed E-state index contributed by atoms with van der Waals surface area (Å²) in [5, 5.41) is 3.41. The van der Waals surface area contributed by atoms with Gasteiger partial charge in [0.05, 0.1) is 0 Å². The molecule has 0 atom stereocenters. The van der Waals surface area contributed by atoms with Crippen molar-refractivity contribution >= 4 is 15.9 Å². The fourth-order valence-electron chi connectivity index (χ4n) is 1.80. The number of nitrogens with one attached hydrogen (secondary N) is 1. The first-order valence-electron chi connectivity index (χ1n) is 6.68. The monoisotopic (exact) mass is 334 g/mol. The second-order valence-corrected chi connectivity index (χ2v) is 5.86. The molecule has 1 aromatic heterocycles. The highest BCUT2D eigenvalue weighted by Gasteiger charge is 2.04. The van der Waals surface area contributed by atoms with Crippen LogP contribution < -0.4 is 10.1 Å². The van der Waals surface area contributed by atoms with Crippen molar-refractivity contribution in [3.05, 3.63) is 58.3 Å². The Labute approximate surface area is 128 Å². The molecule has 1 aromatic carbocycles. The summed E-state index contributed by atoms with van der Waals surface area (Å²) >= 11 is 3.42. The lowest BCUT2D eigenvalue weighted by molar-refractivity contribution is 0.301. The summed E-state index contributed by atoms with van der Waals surface area (Å²) in [6.45, 7) is 5.60. The second-order valence-electron chi connectivity index (χ2n) is 4.94. The molecule has 1 heterocycles. The summed E-state index contributed by atoms with van der Waals surface area (Å²) in [6, 6.07) is 10.6. The summed E-state index contributed by atoms with van der Waals surface area (Å²) in [7, 11) is 0. The van der Waals surface area contributed by atoms with Crippen molar-refractivity contribution in [2.45, 2.75) is 33.0 Å². The Morgan fingerprint density at radius 3 is 2.80 bits per heavy atom. The molecule has 0 saturated heterocycles. The van der Waals surface area contributed by atoms with E-state index in [4.69, 9.17) is 4.74 Å². The van der Waals surface area contributed by atoms with Crippen LogP contribution in [0.1, 0.15) is 25.0 Å². The maximum atomic E-state index is 5.91. The molecule has 0 unspecified atom stereocenters. The molecular formula is C16H19BrN2O. The summed E-state index contributed by atoms with van der Waals surface area (Å²) in [4.78, 5) is 4.14. The fourth-order valence-corrected chi connectivity index (χ4v) is 2.21. The van der Waals surface area contributed by atoms with E-state index in [2.05, 4.69) is 46.1 Å². The molecule has 1 N–H and O–H groups in total. The third-order valence-electron chi connectivity index (χ3n) is 2.83. The average molecular weight is 335 g/mol. The maximum absolute atomic E-state index is 5.91. The van der Waals surface area contributed by atoms with Crippen molar-refractivity contribution in [3.8, 4) is 5.75 Å². The molecule has 0 spiro atoms. The Balaban J connectivity index is 2.02. The fraction of sp³-hybridized carbons (Fsp3) is 0.312. The number of ether oxygens (including phenoxy) is 1. The van der Waals surface area contributed by atoms with Gasteiger partial charge in [0.15, 0.2) is 0 Å². The first kappa shape index (κ1) is 15.0. The normalized spacial score (nSPS) is 10.8. The van der Waals surface area contributed by atoms with Gasteiger partial charge >= 0.3 is 0 Å². The molecule has 106 valence electrons. The topological polar surface area (TPSA) is 34.1 Å². The third-order valence-corrected chi connectivity index (χ3v) is 3.26. The zero-order valence-corrected chi connectivity index (χ0v) is 13.4. The summed E-state index contributed by atoms with van der Waals surface area (Å²) in [5.74, 6) is 0.917. The van der Waals surface area contributed by atoms with E-state index >= 15 is 0 Å². The van der Waals surface area contributed by atoms with Crippen LogP contribution in [0.4, 0.5) is 0 Å². The van der Waals surface area contributed by atoms with Crippen LogP contribution in [0.5, 0.6) is 5.75 Å². The number of benzene rings is 1. The van der Waals surface area contributed by atoms with E-state index in [0.717, 1.165) is 22.3 Å². The molecule has 0 saturated carbocycles. The van der Waals surface area contributed by atoms with Crippen LogP contribution in [-0.4, -0.2) is 11.0 Å². The Morgan fingerprint density at radius 1 is 1.25 bits per heavy atom. The number of rotatable bonds is 6. The molecule has 3 nitrogen and oxygen atoms in total. The molecule has 0 aliphatic rings. The van der Waals surface area contributed by atoms with Crippen LogP contribution in [-0.2, 0) is 13.2 Å². The number of hydrogen-bond donors (Lipinski definition) is 1. The molecule has 0 bridgehead atoms. The first-order chi connectivity index (χ1) is 9.65. The van der Waals surface area contributed by atoms with Gasteiger partial charge in [-0.25, -0.2) is 0 Å². The molecule has 0 radical (unpaired) electrons. The van der Waals surface area contributed by atoms with Gasteiger partial charge in [0, 0.05) is 40.6 Å². The van der Waals surface area contributed by atoms with E-state index in [0.29, 0.717) is 12.6 Å². The lowest BCUT2D eigenvalue weighted by Crippen LogP contribution is -2.22. The average Bonchev–Trinajstić information content (AvgIpc) is 2.44. The van der Waals surface area contributed by atoms with Crippen LogP contribution in [0.25, 0.3) is 0 Å². The van der Waals surface area contributed by atoms with Gasteiger partial charge < -0.3 is 10.1 Å². The Kier molecular flexibility index (Phi) is 5.56. The molecule has 20 heavy (non-hydrogen) atoms. The quantitative estimate of drug-likeness (QED) is 0.869. The number of hydrogen-bond acceptors (Lipinski definition) is 3. The van der Waals surface area contributed by atoms with Crippen LogP contribution in [0.3, 0.4) is 0 Å². The third kappa shape index (κ3) is 4.62. The van der Waals surface area contributed by atoms with Crippen LogP contribution in [0.2, 0.25) is 0 Å². The highest BCUT2D eigenvalue weighted by Crippen LogP contribution is 2.20. The molecule has 2 rings (SSSR count). The van der Waals surface area contributed by atoms with Crippen LogP contribution in [0.15, 0.2) is 47.2 Å². The molecule has 0 aliphatic heterocycles. The first-order valence-corrected chi connectivity index (χ1v) is 7.48. The molecule has 0 aliphatic carbocycles. The number of para-hydroxylation sites is 1. The van der Waals surface area contributed by atoms with Crippen molar-refractivity contribution in [2.24, 2.45) is 0 Å². The van der Waals surface area contributed by atoms with E-state index in [9.17, 15) is 0 Å². The smallest absolute Gasteiger partial charge is 0.124 e. The number of nitrogens with zero attached hydrogens (tertiary/aromatic N) is 1. The van der Waals surface area contributed by atoms with Crippen molar-refractivity contribution < 1.29 is 4.74 Å². The predicted molar refractivity (Wildman–Crippen MR) is 84.7 cm³/mol. The minimum Gasteiger partial charge on any atom is -0.489 e. The molecule has 4 heteroatoms. The largest absolute Gasteiger partial charge is 0.489 e. The van der Waals surface area contributed by atoms with Crippen molar-refractivity contribution in [3.63, 3.8) is 0 Å². The summed E-state index contributed by atoms with van der Waals surface area (Å²) < 4.78 is 6.88. The lowest BCUT2D eigenvalue weighted by Gasteiger charge is -2.13. The highest BCUT2D eigenvalue weighted by molar-refractivity contribution is 9.10. The number of pyridine rings is 1. The molecular weight excluding hydrogens is 316 g/mol. The Morgan fingerprint density at radius 2 is 2.05 bits per heavy atom. The van der Waals surface area contributed by atoms with Crippen molar-refractivity contribution in [1.82, 2.24) is 10.3 Å². The lowest BCUT2D eigenvalue weighted by atomic mass is 10.2. The molecule has 2 aromatic rings.